The standard InChI is InChI=1S/C24H16FNO3/c1-28-20-8-4-6-17-23(27)21(29-24(17)20)13-18-16-5-2-3-7-19(16)26-22(18)14-9-11-15(25)12-10-14/h2-13,26H,1H3/b21-13-. The number of hydrogen-bond donors (Lipinski definition) is 1. The normalized spacial score (nSPS) is 14.3. The van der Waals surface area contributed by atoms with Crippen molar-refractivity contribution in [1.29, 1.82) is 0 Å². The lowest BCUT2D eigenvalue weighted by atomic mass is 10.0. The third kappa shape index (κ3) is 2.79. The molecule has 0 aliphatic carbocycles. The minimum Gasteiger partial charge on any atom is -0.493 e. The predicted octanol–water partition coefficient (Wildman–Crippen LogP) is 5.60. The number of benzene rings is 3. The van der Waals surface area contributed by atoms with Crippen LogP contribution in [0.2, 0.25) is 0 Å². The number of para-hydroxylation sites is 2. The molecule has 3 aromatic carbocycles. The molecule has 142 valence electrons. The Balaban J connectivity index is 1.69. The first-order chi connectivity index (χ1) is 14.2. The van der Waals surface area contributed by atoms with Crippen LogP contribution in [0.25, 0.3) is 28.2 Å². The summed E-state index contributed by atoms with van der Waals surface area (Å²) in [5.41, 5.74) is 3.80. The third-order valence-corrected chi connectivity index (χ3v) is 5.03. The van der Waals surface area contributed by atoms with Gasteiger partial charge in [-0.05, 0) is 54.1 Å². The number of ether oxygens (including phenoxy) is 2. The van der Waals surface area contributed by atoms with E-state index in [1.54, 1.807) is 36.4 Å². The van der Waals surface area contributed by atoms with Crippen molar-refractivity contribution in [2.75, 3.05) is 7.11 Å². The Morgan fingerprint density at radius 2 is 1.79 bits per heavy atom. The van der Waals surface area contributed by atoms with E-state index in [2.05, 4.69) is 4.98 Å². The van der Waals surface area contributed by atoms with Gasteiger partial charge >= 0.3 is 0 Å². The zero-order chi connectivity index (χ0) is 20.0. The van der Waals surface area contributed by atoms with Crippen LogP contribution in [-0.4, -0.2) is 17.9 Å². The minimum atomic E-state index is -0.304. The second kappa shape index (κ2) is 6.63. The fourth-order valence-corrected chi connectivity index (χ4v) is 3.63. The van der Waals surface area contributed by atoms with Crippen molar-refractivity contribution in [3.63, 3.8) is 0 Å². The summed E-state index contributed by atoms with van der Waals surface area (Å²) in [4.78, 5) is 16.3. The second-order valence-corrected chi connectivity index (χ2v) is 6.74. The van der Waals surface area contributed by atoms with Crippen molar-refractivity contribution in [2.45, 2.75) is 0 Å². The molecule has 0 saturated carbocycles. The average molecular weight is 385 g/mol. The second-order valence-electron chi connectivity index (χ2n) is 6.74. The molecule has 0 unspecified atom stereocenters. The summed E-state index contributed by atoms with van der Waals surface area (Å²) in [5.74, 6) is 0.653. The maximum absolute atomic E-state index is 13.4. The lowest BCUT2D eigenvalue weighted by molar-refractivity contribution is 0.101. The van der Waals surface area contributed by atoms with Crippen LogP contribution < -0.4 is 9.47 Å². The molecule has 1 aliphatic rings. The van der Waals surface area contributed by atoms with Gasteiger partial charge in [-0.25, -0.2) is 4.39 Å². The largest absolute Gasteiger partial charge is 0.493 e. The monoisotopic (exact) mass is 385 g/mol. The molecule has 1 N–H and O–H groups in total. The first-order valence-corrected chi connectivity index (χ1v) is 9.13. The summed E-state index contributed by atoms with van der Waals surface area (Å²) in [7, 11) is 1.54. The SMILES string of the molecule is COc1cccc2c1O/C(=C\c1c(-c3ccc(F)cc3)[nH]c3ccccc13)C2=O. The van der Waals surface area contributed by atoms with E-state index in [1.165, 1.54) is 19.2 Å². The number of hydrogen-bond acceptors (Lipinski definition) is 3. The highest BCUT2D eigenvalue weighted by Gasteiger charge is 2.30. The fourth-order valence-electron chi connectivity index (χ4n) is 3.63. The Morgan fingerprint density at radius 3 is 2.59 bits per heavy atom. The number of nitrogens with one attached hydrogen (secondary N) is 1. The number of carbonyl (C=O) groups excluding carboxylic acids is 1. The molecule has 0 bridgehead atoms. The number of methoxy groups -OCH3 is 1. The molecule has 1 aliphatic heterocycles. The smallest absolute Gasteiger partial charge is 0.232 e. The van der Waals surface area contributed by atoms with Crippen LogP contribution in [-0.2, 0) is 0 Å². The van der Waals surface area contributed by atoms with Gasteiger partial charge in [-0.15, -0.1) is 0 Å². The van der Waals surface area contributed by atoms with Gasteiger partial charge in [0, 0.05) is 16.5 Å². The zero-order valence-corrected chi connectivity index (χ0v) is 15.5. The first kappa shape index (κ1) is 17.3. The van der Waals surface area contributed by atoms with Crippen molar-refractivity contribution in [1.82, 2.24) is 4.98 Å². The number of halogens is 1. The molecule has 4 aromatic rings. The molecule has 0 atom stereocenters. The van der Waals surface area contributed by atoms with E-state index >= 15 is 0 Å². The van der Waals surface area contributed by atoms with Crippen molar-refractivity contribution < 1.29 is 18.7 Å². The predicted molar refractivity (Wildman–Crippen MR) is 110 cm³/mol. The number of rotatable bonds is 3. The summed E-state index contributed by atoms with van der Waals surface area (Å²) in [6.45, 7) is 0. The quantitative estimate of drug-likeness (QED) is 0.467. The van der Waals surface area contributed by atoms with Crippen LogP contribution in [0.15, 0.2) is 72.5 Å². The lowest BCUT2D eigenvalue weighted by Gasteiger charge is -2.05. The molecule has 5 rings (SSSR count). The molecule has 0 amide bonds. The number of aromatic amines is 1. The van der Waals surface area contributed by atoms with E-state index in [1.807, 2.05) is 24.3 Å². The summed E-state index contributed by atoms with van der Waals surface area (Å²) in [5, 5.41) is 0.943. The Bertz CT molecular complexity index is 1290. The van der Waals surface area contributed by atoms with E-state index in [-0.39, 0.29) is 17.4 Å². The number of aromatic nitrogens is 1. The van der Waals surface area contributed by atoms with E-state index in [9.17, 15) is 9.18 Å². The van der Waals surface area contributed by atoms with Crippen LogP contribution in [0, 0.1) is 5.82 Å². The van der Waals surface area contributed by atoms with Gasteiger partial charge in [0.25, 0.3) is 0 Å². The molecular weight excluding hydrogens is 369 g/mol. The molecule has 29 heavy (non-hydrogen) atoms. The van der Waals surface area contributed by atoms with E-state index in [4.69, 9.17) is 9.47 Å². The average Bonchev–Trinajstić information content (AvgIpc) is 3.27. The molecule has 0 fully saturated rings. The van der Waals surface area contributed by atoms with Crippen molar-refractivity contribution in [3.8, 4) is 22.8 Å². The summed E-state index contributed by atoms with van der Waals surface area (Å²) in [6.07, 6.45) is 1.74. The number of H-pyrrole nitrogens is 1. The Kier molecular flexibility index (Phi) is 3.95. The van der Waals surface area contributed by atoms with Gasteiger partial charge < -0.3 is 14.5 Å². The Labute approximate surface area is 166 Å². The Morgan fingerprint density at radius 1 is 1.00 bits per heavy atom. The minimum absolute atomic E-state index is 0.200. The van der Waals surface area contributed by atoms with Gasteiger partial charge in [-0.2, -0.15) is 0 Å². The fraction of sp³-hybridized carbons (Fsp3) is 0.0417. The summed E-state index contributed by atoms with van der Waals surface area (Å²) < 4.78 is 24.6. The number of carbonyl (C=O) groups is 1. The number of Topliss-reactive ketones (excluding diaryl/α,β-unsaturated/α-hetero) is 1. The van der Waals surface area contributed by atoms with Gasteiger partial charge in [0.15, 0.2) is 17.3 Å². The highest BCUT2D eigenvalue weighted by molar-refractivity contribution is 6.16. The van der Waals surface area contributed by atoms with Crippen LogP contribution in [0.4, 0.5) is 4.39 Å². The van der Waals surface area contributed by atoms with E-state index in [0.717, 1.165) is 27.7 Å². The maximum Gasteiger partial charge on any atom is 0.232 e. The van der Waals surface area contributed by atoms with Crippen molar-refractivity contribution in [3.05, 3.63) is 89.4 Å². The van der Waals surface area contributed by atoms with E-state index < -0.39 is 0 Å². The Hall–Kier alpha value is -3.86. The topological polar surface area (TPSA) is 51.3 Å². The summed E-state index contributed by atoms with van der Waals surface area (Å²) >= 11 is 0. The molecular formula is C24H16FNO3. The third-order valence-electron chi connectivity index (χ3n) is 5.03. The van der Waals surface area contributed by atoms with Gasteiger partial charge in [0.05, 0.1) is 18.4 Å². The van der Waals surface area contributed by atoms with Crippen LogP contribution in [0.5, 0.6) is 11.5 Å². The molecule has 1 aromatic heterocycles. The maximum atomic E-state index is 13.4. The zero-order valence-electron chi connectivity index (χ0n) is 15.5. The van der Waals surface area contributed by atoms with Gasteiger partial charge in [0.2, 0.25) is 5.78 Å². The molecule has 2 heterocycles. The molecule has 5 heteroatoms. The molecule has 0 radical (unpaired) electrons. The van der Waals surface area contributed by atoms with Gasteiger partial charge in [-0.1, -0.05) is 24.3 Å². The van der Waals surface area contributed by atoms with Crippen LogP contribution in [0.1, 0.15) is 15.9 Å². The molecule has 4 nitrogen and oxygen atoms in total. The first-order valence-electron chi connectivity index (χ1n) is 9.13. The summed E-state index contributed by atoms with van der Waals surface area (Å²) in [6, 6.07) is 19.3. The number of ketones is 1. The van der Waals surface area contributed by atoms with Gasteiger partial charge in [-0.3, -0.25) is 4.79 Å². The number of fused-ring (bicyclic) bond motifs is 2. The van der Waals surface area contributed by atoms with Crippen molar-refractivity contribution in [2.24, 2.45) is 0 Å². The number of allylic oxidation sites excluding steroid dienone is 1. The molecule has 0 spiro atoms. The van der Waals surface area contributed by atoms with Gasteiger partial charge in [0.1, 0.15) is 5.82 Å². The lowest BCUT2D eigenvalue weighted by Crippen LogP contribution is -1.98. The van der Waals surface area contributed by atoms with Crippen LogP contribution in [0.3, 0.4) is 0 Å². The van der Waals surface area contributed by atoms with Crippen LogP contribution >= 0.6 is 0 Å². The van der Waals surface area contributed by atoms with E-state index in [0.29, 0.717) is 17.1 Å². The highest BCUT2D eigenvalue weighted by Crippen LogP contribution is 2.41. The molecule has 0 saturated heterocycles. The van der Waals surface area contributed by atoms with Crippen molar-refractivity contribution >= 4 is 22.8 Å². The highest BCUT2D eigenvalue weighted by atomic mass is 19.1.